The fourth-order valence-electron chi connectivity index (χ4n) is 2.31. The van der Waals surface area contributed by atoms with Gasteiger partial charge in [-0.2, -0.15) is 0 Å². The van der Waals surface area contributed by atoms with Crippen molar-refractivity contribution in [2.24, 2.45) is 0 Å². The Labute approximate surface area is 115 Å². The number of unbranched alkanes of at least 4 members (excludes halogenated alkanes) is 8. The van der Waals surface area contributed by atoms with Crippen LogP contribution in [0.5, 0.6) is 0 Å². The molecule has 0 spiro atoms. The summed E-state index contributed by atoms with van der Waals surface area (Å²) in [7, 11) is 0. The Bertz CT molecular complexity index is 184. The summed E-state index contributed by atoms with van der Waals surface area (Å²) in [5.41, 5.74) is 0.273. The van der Waals surface area contributed by atoms with Gasteiger partial charge in [-0.05, 0) is 20.3 Å². The molecule has 0 fully saturated rings. The first kappa shape index (κ1) is 17.7. The van der Waals surface area contributed by atoms with Crippen LogP contribution in [0.3, 0.4) is 0 Å². The molecule has 108 valence electrons. The van der Waals surface area contributed by atoms with Gasteiger partial charge in [0.1, 0.15) is 0 Å². The average Bonchev–Trinajstić information content (AvgIpc) is 2.34. The highest BCUT2D eigenvalue weighted by Crippen LogP contribution is 2.16. The third kappa shape index (κ3) is 12.2. The summed E-state index contributed by atoms with van der Waals surface area (Å²) in [5, 5.41) is 3.52. The third-order valence-corrected chi connectivity index (χ3v) is 3.63. The fraction of sp³-hybridized carbons (Fsp3) is 0.882. The van der Waals surface area contributed by atoms with E-state index in [0.29, 0.717) is 0 Å². The van der Waals surface area contributed by atoms with Crippen molar-refractivity contribution in [2.75, 3.05) is 6.54 Å². The summed E-state index contributed by atoms with van der Waals surface area (Å²) in [6, 6.07) is 0. The molecule has 0 aromatic carbocycles. The summed E-state index contributed by atoms with van der Waals surface area (Å²) < 4.78 is 0. The van der Waals surface area contributed by atoms with Crippen molar-refractivity contribution in [1.82, 2.24) is 5.32 Å². The molecule has 0 aliphatic heterocycles. The molecule has 0 bridgehead atoms. The molecular weight excluding hydrogens is 218 g/mol. The molecule has 0 atom stereocenters. The van der Waals surface area contributed by atoms with Crippen LogP contribution in [0.1, 0.15) is 85.0 Å². The van der Waals surface area contributed by atoms with Crippen LogP contribution in [0.25, 0.3) is 0 Å². The van der Waals surface area contributed by atoms with Gasteiger partial charge in [0.05, 0.1) is 0 Å². The largest absolute Gasteiger partial charge is 0.308 e. The predicted octanol–water partition coefficient (Wildman–Crippen LogP) is 5.46. The molecule has 0 saturated heterocycles. The Hall–Kier alpha value is -0.300. The SMILES string of the molecule is C=CCNC(C)(C)CCCCCCCCCCC. The van der Waals surface area contributed by atoms with Gasteiger partial charge in [-0.3, -0.25) is 0 Å². The van der Waals surface area contributed by atoms with Gasteiger partial charge < -0.3 is 5.32 Å². The van der Waals surface area contributed by atoms with Crippen molar-refractivity contribution in [3.63, 3.8) is 0 Å². The Morgan fingerprint density at radius 2 is 1.39 bits per heavy atom. The molecule has 0 saturated carbocycles. The maximum atomic E-state index is 3.75. The van der Waals surface area contributed by atoms with E-state index >= 15 is 0 Å². The maximum Gasteiger partial charge on any atom is 0.0137 e. The molecule has 0 aromatic heterocycles. The molecule has 0 heterocycles. The second-order valence-corrected chi connectivity index (χ2v) is 6.13. The van der Waals surface area contributed by atoms with Gasteiger partial charge in [0.2, 0.25) is 0 Å². The van der Waals surface area contributed by atoms with Gasteiger partial charge in [0.25, 0.3) is 0 Å². The van der Waals surface area contributed by atoms with E-state index in [9.17, 15) is 0 Å². The molecule has 1 nitrogen and oxygen atoms in total. The number of hydrogen-bond donors (Lipinski definition) is 1. The molecule has 0 amide bonds. The van der Waals surface area contributed by atoms with Crippen LogP contribution in [0.4, 0.5) is 0 Å². The van der Waals surface area contributed by atoms with E-state index < -0.39 is 0 Å². The van der Waals surface area contributed by atoms with Gasteiger partial charge in [-0.25, -0.2) is 0 Å². The molecule has 0 aliphatic rings. The van der Waals surface area contributed by atoms with E-state index in [1.807, 2.05) is 6.08 Å². The summed E-state index contributed by atoms with van der Waals surface area (Å²) >= 11 is 0. The zero-order valence-corrected chi connectivity index (χ0v) is 13.1. The van der Waals surface area contributed by atoms with Crippen molar-refractivity contribution in [3.8, 4) is 0 Å². The molecule has 0 aliphatic carbocycles. The van der Waals surface area contributed by atoms with Crippen LogP contribution in [0.15, 0.2) is 12.7 Å². The van der Waals surface area contributed by atoms with Crippen LogP contribution in [0.2, 0.25) is 0 Å². The Kier molecular flexibility index (Phi) is 11.6. The maximum absolute atomic E-state index is 3.75. The summed E-state index contributed by atoms with van der Waals surface area (Å²) in [6.45, 7) is 11.5. The summed E-state index contributed by atoms with van der Waals surface area (Å²) in [5.74, 6) is 0. The van der Waals surface area contributed by atoms with Crippen molar-refractivity contribution in [3.05, 3.63) is 12.7 Å². The van der Waals surface area contributed by atoms with Gasteiger partial charge in [-0.1, -0.05) is 70.8 Å². The highest BCUT2D eigenvalue weighted by Gasteiger charge is 2.14. The van der Waals surface area contributed by atoms with Crippen LogP contribution >= 0.6 is 0 Å². The smallest absolute Gasteiger partial charge is 0.0137 e. The van der Waals surface area contributed by atoms with Crippen LogP contribution in [-0.2, 0) is 0 Å². The summed E-state index contributed by atoms with van der Waals surface area (Å²) in [6.07, 6.45) is 15.9. The van der Waals surface area contributed by atoms with Crippen molar-refractivity contribution >= 4 is 0 Å². The van der Waals surface area contributed by atoms with E-state index in [1.54, 1.807) is 0 Å². The van der Waals surface area contributed by atoms with Gasteiger partial charge >= 0.3 is 0 Å². The second kappa shape index (κ2) is 11.8. The van der Waals surface area contributed by atoms with Crippen LogP contribution in [-0.4, -0.2) is 12.1 Å². The van der Waals surface area contributed by atoms with Gasteiger partial charge in [-0.15, -0.1) is 6.58 Å². The fourth-order valence-corrected chi connectivity index (χ4v) is 2.31. The minimum Gasteiger partial charge on any atom is -0.308 e. The molecule has 1 heteroatoms. The van der Waals surface area contributed by atoms with E-state index in [2.05, 4.69) is 32.7 Å². The van der Waals surface area contributed by atoms with E-state index in [1.165, 1.54) is 64.2 Å². The van der Waals surface area contributed by atoms with Gasteiger partial charge in [0, 0.05) is 12.1 Å². The Balaban J connectivity index is 3.26. The molecule has 18 heavy (non-hydrogen) atoms. The first-order valence-electron chi connectivity index (χ1n) is 7.98. The lowest BCUT2D eigenvalue weighted by atomic mass is 9.96. The molecule has 0 unspecified atom stereocenters. The van der Waals surface area contributed by atoms with E-state index in [0.717, 1.165) is 6.54 Å². The van der Waals surface area contributed by atoms with Crippen molar-refractivity contribution < 1.29 is 0 Å². The lowest BCUT2D eigenvalue weighted by molar-refractivity contribution is 0.361. The quantitative estimate of drug-likeness (QED) is 0.339. The summed E-state index contributed by atoms with van der Waals surface area (Å²) in [4.78, 5) is 0. The third-order valence-electron chi connectivity index (χ3n) is 3.63. The standard InChI is InChI=1S/C17H35N/c1-5-7-8-9-10-11-12-13-14-15-17(3,4)18-16-6-2/h6,18H,2,5,7-16H2,1,3-4H3. The highest BCUT2D eigenvalue weighted by molar-refractivity contribution is 4.81. The minimum atomic E-state index is 0.273. The number of hydrogen-bond acceptors (Lipinski definition) is 1. The van der Waals surface area contributed by atoms with Crippen molar-refractivity contribution in [2.45, 2.75) is 90.5 Å². The van der Waals surface area contributed by atoms with Crippen LogP contribution in [0, 0.1) is 0 Å². The van der Waals surface area contributed by atoms with Crippen molar-refractivity contribution in [1.29, 1.82) is 0 Å². The Morgan fingerprint density at radius 1 is 0.889 bits per heavy atom. The molecule has 0 aromatic rings. The lowest BCUT2D eigenvalue weighted by Gasteiger charge is -2.25. The second-order valence-electron chi connectivity index (χ2n) is 6.13. The molecule has 0 radical (unpaired) electrons. The Morgan fingerprint density at radius 3 is 1.89 bits per heavy atom. The van der Waals surface area contributed by atoms with Gasteiger partial charge in [0.15, 0.2) is 0 Å². The zero-order valence-electron chi connectivity index (χ0n) is 13.1. The van der Waals surface area contributed by atoms with Crippen LogP contribution < -0.4 is 5.32 Å². The monoisotopic (exact) mass is 253 g/mol. The van der Waals surface area contributed by atoms with E-state index in [4.69, 9.17) is 0 Å². The van der Waals surface area contributed by atoms with E-state index in [-0.39, 0.29) is 5.54 Å². The topological polar surface area (TPSA) is 12.0 Å². The molecule has 1 N–H and O–H groups in total. The average molecular weight is 253 g/mol. The number of rotatable bonds is 13. The molecule has 0 rings (SSSR count). The predicted molar refractivity (Wildman–Crippen MR) is 84.1 cm³/mol. The molecular formula is C17H35N. The normalized spacial score (nSPS) is 11.7. The first-order valence-corrected chi connectivity index (χ1v) is 7.98. The number of nitrogens with one attached hydrogen (secondary N) is 1. The highest BCUT2D eigenvalue weighted by atomic mass is 14.9. The zero-order chi connectivity index (χ0) is 13.7. The lowest BCUT2D eigenvalue weighted by Crippen LogP contribution is -2.39. The minimum absolute atomic E-state index is 0.273. The first-order chi connectivity index (χ1) is 8.62.